The van der Waals surface area contributed by atoms with Gasteiger partial charge < -0.3 is 29.3 Å². The van der Waals surface area contributed by atoms with Gasteiger partial charge in [-0.05, 0) is 51.1 Å². The van der Waals surface area contributed by atoms with Gasteiger partial charge in [-0.2, -0.15) is 13.2 Å². The normalized spacial score (nSPS) is 31.7. The van der Waals surface area contributed by atoms with Crippen LogP contribution in [0.5, 0.6) is 11.5 Å². The Kier molecular flexibility index (Phi) is 5.94. The van der Waals surface area contributed by atoms with Crippen LogP contribution in [-0.2, 0) is 26.2 Å². The zero-order chi connectivity index (χ0) is 25.1. The minimum atomic E-state index is -4.64. The van der Waals surface area contributed by atoms with Crippen LogP contribution in [0.4, 0.5) is 13.2 Å². The van der Waals surface area contributed by atoms with Gasteiger partial charge in [-0.3, -0.25) is 4.79 Å². The van der Waals surface area contributed by atoms with Gasteiger partial charge in [0.25, 0.3) is 0 Å². The second kappa shape index (κ2) is 8.24. The molecule has 186 valence electrons. The minimum absolute atomic E-state index is 0.0514. The van der Waals surface area contributed by atoms with Gasteiger partial charge >= 0.3 is 12.1 Å². The molecular weight excluding hydrogens is 459 g/mol. The number of methoxy groups -OCH3 is 1. The molecule has 2 aliphatic heterocycles. The number of likely N-dealkylation sites (tertiary alicyclic amines) is 1. The number of piperidine rings is 1. The summed E-state index contributed by atoms with van der Waals surface area (Å²) in [7, 11) is 3.64. The highest BCUT2D eigenvalue weighted by molar-refractivity contribution is 5.75. The Morgan fingerprint density at radius 1 is 1.38 bits per heavy atom. The molecule has 11 heteroatoms. The molecule has 1 aromatic rings. The number of alkyl halides is 3. The number of aliphatic hydroxyl groups is 2. The molecule has 0 aromatic heterocycles. The zero-order valence-corrected chi connectivity index (χ0v) is 18.9. The lowest BCUT2D eigenvalue weighted by Crippen LogP contribution is -2.74. The van der Waals surface area contributed by atoms with Gasteiger partial charge in [0.15, 0.2) is 17.6 Å². The Hall–Kier alpha value is -2.63. The summed E-state index contributed by atoms with van der Waals surface area (Å²) in [4.78, 5) is 23.0. The van der Waals surface area contributed by atoms with Crippen LogP contribution in [0.15, 0.2) is 24.0 Å². The lowest BCUT2D eigenvalue weighted by Gasteiger charge is -2.61. The number of likely N-dealkylation sites (N-methyl/N-ethyl adjacent to an activating group) is 1. The van der Waals surface area contributed by atoms with E-state index in [4.69, 9.17) is 19.0 Å². The summed E-state index contributed by atoms with van der Waals surface area (Å²) in [6.07, 6.45) is -4.04. The van der Waals surface area contributed by atoms with Crippen molar-refractivity contribution < 1.29 is 47.2 Å². The van der Waals surface area contributed by atoms with Crippen LogP contribution in [-0.4, -0.2) is 78.1 Å². The van der Waals surface area contributed by atoms with Gasteiger partial charge in [0, 0.05) is 18.0 Å². The first kappa shape index (κ1) is 24.5. The lowest BCUT2D eigenvalue weighted by molar-refractivity contribution is -0.171. The summed E-state index contributed by atoms with van der Waals surface area (Å²) in [6.45, 7) is 2.18. The molecule has 5 atom stereocenters. The van der Waals surface area contributed by atoms with E-state index in [0.29, 0.717) is 30.1 Å². The first-order valence-electron chi connectivity index (χ1n) is 10.8. The van der Waals surface area contributed by atoms with Crippen molar-refractivity contribution in [2.24, 2.45) is 0 Å². The number of aldehydes is 1. The molecule has 1 aromatic carbocycles. The Morgan fingerprint density at radius 2 is 2.06 bits per heavy atom. The SMILES string of the molecule is COc1ccc2c3c1O[C@H]1C(OC(=O)[C@H](C)O)=CC[C@@]4(O)[C@@H](C2)N(C)CC[C@]314.O=CC(F)(F)F. The van der Waals surface area contributed by atoms with Crippen LogP contribution in [0.25, 0.3) is 0 Å². The van der Waals surface area contributed by atoms with Crippen LogP contribution >= 0.6 is 0 Å². The van der Waals surface area contributed by atoms with Crippen molar-refractivity contribution in [3.8, 4) is 11.5 Å². The number of esters is 1. The van der Waals surface area contributed by atoms with E-state index >= 15 is 0 Å². The topological polar surface area (TPSA) is 106 Å². The van der Waals surface area contributed by atoms with Crippen LogP contribution in [0, 0.1) is 0 Å². The molecule has 1 saturated heterocycles. The highest BCUT2D eigenvalue weighted by atomic mass is 19.4. The molecule has 2 aliphatic carbocycles. The Labute approximate surface area is 193 Å². The molecule has 1 spiro atoms. The lowest BCUT2D eigenvalue weighted by atomic mass is 9.50. The summed E-state index contributed by atoms with van der Waals surface area (Å²) in [5.41, 5.74) is 0.394. The number of benzene rings is 1. The molecule has 0 amide bonds. The smallest absolute Gasteiger partial charge is 0.446 e. The molecule has 4 aliphatic rings. The number of ether oxygens (including phenoxy) is 3. The summed E-state index contributed by atoms with van der Waals surface area (Å²) in [5, 5.41) is 21.6. The predicted octanol–water partition coefficient (Wildman–Crippen LogP) is 1.64. The van der Waals surface area contributed by atoms with Crippen molar-refractivity contribution in [3.05, 3.63) is 35.1 Å². The number of halogens is 3. The molecule has 34 heavy (non-hydrogen) atoms. The molecule has 2 bridgehead atoms. The third kappa shape index (κ3) is 3.48. The first-order chi connectivity index (χ1) is 15.9. The molecule has 0 unspecified atom stereocenters. The molecule has 2 heterocycles. The maximum Gasteiger partial charge on any atom is 0.446 e. The first-order valence-corrected chi connectivity index (χ1v) is 10.8. The quantitative estimate of drug-likeness (QED) is 0.492. The predicted molar refractivity (Wildman–Crippen MR) is 111 cm³/mol. The van der Waals surface area contributed by atoms with Crippen LogP contribution < -0.4 is 9.47 Å². The van der Waals surface area contributed by atoms with E-state index in [1.54, 1.807) is 13.2 Å². The molecule has 0 saturated carbocycles. The van der Waals surface area contributed by atoms with Crippen molar-refractivity contribution in [1.82, 2.24) is 4.90 Å². The maximum absolute atomic E-state index is 12.1. The van der Waals surface area contributed by atoms with Gasteiger partial charge in [0.05, 0.1) is 18.1 Å². The number of hydrogen-bond acceptors (Lipinski definition) is 8. The monoisotopic (exact) mass is 485 g/mol. The Balaban J connectivity index is 0.000000408. The number of aliphatic hydroxyl groups excluding tert-OH is 1. The van der Waals surface area contributed by atoms with Crippen molar-refractivity contribution in [2.75, 3.05) is 20.7 Å². The number of nitrogens with zero attached hydrogens (tertiary/aromatic N) is 1. The van der Waals surface area contributed by atoms with Gasteiger partial charge in [0.1, 0.15) is 11.9 Å². The second-order valence-corrected chi connectivity index (χ2v) is 9.04. The fraction of sp³-hybridized carbons (Fsp3) is 0.565. The third-order valence-corrected chi connectivity index (χ3v) is 7.25. The summed E-state index contributed by atoms with van der Waals surface area (Å²) >= 11 is 0. The van der Waals surface area contributed by atoms with Gasteiger partial charge in [-0.25, -0.2) is 4.79 Å². The summed E-state index contributed by atoms with van der Waals surface area (Å²) in [6, 6.07) is 3.90. The number of rotatable bonds is 3. The zero-order valence-electron chi connectivity index (χ0n) is 18.9. The van der Waals surface area contributed by atoms with Gasteiger partial charge in [-0.1, -0.05) is 6.07 Å². The van der Waals surface area contributed by atoms with Crippen LogP contribution in [0.1, 0.15) is 30.9 Å². The Bertz CT molecular complexity index is 1040. The number of hydrogen-bond donors (Lipinski definition) is 2. The van der Waals surface area contributed by atoms with Crippen LogP contribution in [0.2, 0.25) is 0 Å². The molecule has 8 nitrogen and oxygen atoms in total. The average Bonchev–Trinajstić information content (AvgIpc) is 3.13. The van der Waals surface area contributed by atoms with E-state index in [1.165, 1.54) is 6.92 Å². The summed E-state index contributed by atoms with van der Waals surface area (Å²) in [5.74, 6) is 0.890. The van der Waals surface area contributed by atoms with E-state index in [0.717, 1.165) is 24.1 Å². The van der Waals surface area contributed by atoms with Crippen molar-refractivity contribution in [2.45, 2.75) is 61.6 Å². The average molecular weight is 485 g/mol. The summed E-state index contributed by atoms with van der Waals surface area (Å²) < 4.78 is 48.7. The standard InChI is InChI=1S/C21H25NO6.C2HF3O/c1-11(23)19(24)27-14-6-7-21(25)15-10-12-4-5-13(26-3)17-16(12)20(21,18(14)28-17)8-9-22(15)2;3-2(4,5)1-6/h4-6,11,15,18,23,25H,7-10H2,1-3H3;1H/t11-,15+,18-,20-,21+;/m0./s1. The van der Waals surface area contributed by atoms with E-state index < -0.39 is 41.7 Å². The van der Waals surface area contributed by atoms with E-state index in [2.05, 4.69) is 11.0 Å². The van der Waals surface area contributed by atoms with Crippen molar-refractivity contribution in [3.63, 3.8) is 0 Å². The van der Waals surface area contributed by atoms with Crippen LogP contribution in [0.3, 0.4) is 0 Å². The third-order valence-electron chi connectivity index (χ3n) is 7.25. The van der Waals surface area contributed by atoms with E-state index in [9.17, 15) is 28.2 Å². The highest BCUT2D eigenvalue weighted by Crippen LogP contribution is 2.65. The largest absolute Gasteiger partial charge is 0.493 e. The van der Waals surface area contributed by atoms with E-state index in [-0.39, 0.29) is 6.04 Å². The fourth-order valence-electron chi connectivity index (χ4n) is 5.79. The number of carbonyl (C=O) groups is 2. The highest BCUT2D eigenvalue weighted by Gasteiger charge is 2.72. The second-order valence-electron chi connectivity index (χ2n) is 9.04. The van der Waals surface area contributed by atoms with E-state index in [1.807, 2.05) is 13.1 Å². The molecule has 2 N–H and O–H groups in total. The number of carbonyl (C=O) groups excluding carboxylic acids is 2. The fourth-order valence-corrected chi connectivity index (χ4v) is 5.79. The van der Waals surface area contributed by atoms with Gasteiger partial charge in [0.2, 0.25) is 6.29 Å². The minimum Gasteiger partial charge on any atom is -0.493 e. The maximum atomic E-state index is 12.1. The molecule has 1 fully saturated rings. The van der Waals surface area contributed by atoms with Crippen molar-refractivity contribution in [1.29, 1.82) is 0 Å². The Morgan fingerprint density at radius 3 is 2.65 bits per heavy atom. The molecule has 0 radical (unpaired) electrons. The molecule has 5 rings (SSSR count). The van der Waals surface area contributed by atoms with Crippen molar-refractivity contribution >= 4 is 12.3 Å². The molecular formula is C23H26F3NO7. The van der Waals surface area contributed by atoms with Gasteiger partial charge in [-0.15, -0.1) is 0 Å².